The molecule has 1 aromatic rings. The number of carbonyl (C=O) groups is 2. The van der Waals surface area contributed by atoms with E-state index in [1.54, 1.807) is 13.8 Å². The molecule has 21 heavy (non-hydrogen) atoms. The number of alkyl halides is 3. The first-order valence-electron chi connectivity index (χ1n) is 5.88. The van der Waals surface area contributed by atoms with Crippen LogP contribution in [0.25, 0.3) is 0 Å². The largest absolute Gasteiger partial charge is 0.480 e. The Hall–Kier alpha value is -1.76. The Morgan fingerprint density at radius 1 is 1.29 bits per heavy atom. The van der Waals surface area contributed by atoms with Crippen LogP contribution in [0.5, 0.6) is 0 Å². The van der Waals surface area contributed by atoms with Crippen molar-refractivity contribution in [3.8, 4) is 0 Å². The summed E-state index contributed by atoms with van der Waals surface area (Å²) in [5.74, 6) is -2.72. The molecule has 1 aromatic carbocycles. The predicted octanol–water partition coefficient (Wildman–Crippen LogP) is 3.09. The van der Waals surface area contributed by atoms with Crippen molar-refractivity contribution < 1.29 is 27.9 Å². The van der Waals surface area contributed by atoms with Gasteiger partial charge in [-0.05, 0) is 37.1 Å². The minimum absolute atomic E-state index is 0.0479. The van der Waals surface area contributed by atoms with Crippen molar-refractivity contribution in [1.29, 1.82) is 0 Å². The second-order valence-corrected chi connectivity index (χ2v) is 5.01. The number of amides is 1. The maximum Gasteiger partial charge on any atom is 0.391 e. The summed E-state index contributed by atoms with van der Waals surface area (Å²) in [6.07, 6.45) is -6.36. The molecule has 0 saturated heterocycles. The maximum absolute atomic E-state index is 12.3. The van der Waals surface area contributed by atoms with E-state index in [0.717, 1.165) is 5.56 Å². The first-order valence-corrected chi connectivity index (χ1v) is 6.26. The molecule has 8 heteroatoms. The van der Waals surface area contributed by atoms with Gasteiger partial charge in [-0.15, -0.1) is 0 Å². The highest BCUT2D eigenvalue weighted by molar-refractivity contribution is 6.34. The third kappa shape index (κ3) is 4.93. The molecule has 0 aromatic heterocycles. The zero-order valence-electron chi connectivity index (χ0n) is 11.2. The zero-order valence-corrected chi connectivity index (χ0v) is 12.0. The molecule has 0 heterocycles. The van der Waals surface area contributed by atoms with E-state index in [1.165, 1.54) is 12.1 Å². The Labute approximate surface area is 123 Å². The predicted molar refractivity (Wildman–Crippen MR) is 70.5 cm³/mol. The summed E-state index contributed by atoms with van der Waals surface area (Å²) in [6.45, 7) is 3.46. The van der Waals surface area contributed by atoms with Crippen LogP contribution in [-0.2, 0) is 4.79 Å². The van der Waals surface area contributed by atoms with E-state index >= 15 is 0 Å². The van der Waals surface area contributed by atoms with Crippen molar-refractivity contribution in [2.45, 2.75) is 32.5 Å². The van der Waals surface area contributed by atoms with Gasteiger partial charge in [0, 0.05) is 0 Å². The van der Waals surface area contributed by atoms with Gasteiger partial charge in [-0.25, -0.2) is 4.79 Å². The van der Waals surface area contributed by atoms with Crippen molar-refractivity contribution in [2.24, 2.45) is 0 Å². The van der Waals surface area contributed by atoms with Gasteiger partial charge in [0.25, 0.3) is 5.91 Å². The average Bonchev–Trinajstić information content (AvgIpc) is 2.31. The van der Waals surface area contributed by atoms with E-state index in [9.17, 15) is 22.8 Å². The minimum Gasteiger partial charge on any atom is -0.480 e. The number of carboxylic acid groups (broad SMARTS) is 1. The van der Waals surface area contributed by atoms with Gasteiger partial charge in [0.1, 0.15) is 6.04 Å². The smallest absolute Gasteiger partial charge is 0.391 e. The number of rotatable bonds is 4. The monoisotopic (exact) mass is 323 g/mol. The number of aliphatic carboxylic acids is 1. The molecule has 0 radical (unpaired) electrons. The van der Waals surface area contributed by atoms with Crippen LogP contribution >= 0.6 is 11.6 Å². The van der Waals surface area contributed by atoms with Gasteiger partial charge in [0.2, 0.25) is 0 Å². The third-order valence-corrected chi connectivity index (χ3v) is 3.18. The lowest BCUT2D eigenvalue weighted by molar-refractivity contribution is -0.157. The average molecular weight is 324 g/mol. The molecule has 2 N–H and O–H groups in total. The Kier molecular flexibility index (Phi) is 5.22. The van der Waals surface area contributed by atoms with E-state index in [-0.39, 0.29) is 10.6 Å². The van der Waals surface area contributed by atoms with Crippen LogP contribution in [-0.4, -0.2) is 29.2 Å². The Balaban J connectivity index is 2.98. The van der Waals surface area contributed by atoms with Gasteiger partial charge < -0.3 is 10.4 Å². The fraction of sp³-hybridized carbons (Fsp3) is 0.385. The topological polar surface area (TPSA) is 66.4 Å². The summed E-state index contributed by atoms with van der Waals surface area (Å²) in [5.41, 5.74) is 1.46. The molecule has 0 aliphatic rings. The van der Waals surface area contributed by atoms with Gasteiger partial charge >= 0.3 is 12.1 Å². The summed E-state index contributed by atoms with van der Waals surface area (Å²) in [5, 5.41) is 10.6. The van der Waals surface area contributed by atoms with Crippen LogP contribution in [0.4, 0.5) is 13.2 Å². The molecule has 0 aliphatic heterocycles. The molecule has 1 unspecified atom stereocenters. The normalized spacial score (nSPS) is 12.9. The van der Waals surface area contributed by atoms with E-state index < -0.39 is 30.5 Å². The summed E-state index contributed by atoms with van der Waals surface area (Å²) in [4.78, 5) is 22.7. The lowest BCUT2D eigenvalue weighted by atomic mass is 10.1. The molecule has 0 spiro atoms. The second kappa shape index (κ2) is 6.34. The molecule has 1 rings (SSSR count). The van der Waals surface area contributed by atoms with Crippen LogP contribution in [0.15, 0.2) is 12.1 Å². The third-order valence-electron chi connectivity index (χ3n) is 2.87. The van der Waals surface area contributed by atoms with Gasteiger partial charge in [-0.3, -0.25) is 4.79 Å². The minimum atomic E-state index is -4.71. The lowest BCUT2D eigenvalue weighted by Gasteiger charge is -2.17. The van der Waals surface area contributed by atoms with Crippen LogP contribution < -0.4 is 5.32 Å². The van der Waals surface area contributed by atoms with Gasteiger partial charge in [-0.1, -0.05) is 11.6 Å². The summed E-state index contributed by atoms with van der Waals surface area (Å²) >= 11 is 5.86. The van der Waals surface area contributed by atoms with Crippen molar-refractivity contribution in [1.82, 2.24) is 5.32 Å². The van der Waals surface area contributed by atoms with Gasteiger partial charge in [0.05, 0.1) is 17.0 Å². The van der Waals surface area contributed by atoms with Crippen molar-refractivity contribution in [2.75, 3.05) is 0 Å². The highest BCUT2D eigenvalue weighted by atomic mass is 35.5. The number of benzene rings is 1. The summed E-state index contributed by atoms with van der Waals surface area (Å²) < 4.78 is 36.8. The van der Waals surface area contributed by atoms with E-state index in [0.29, 0.717) is 5.56 Å². The number of aryl methyl sites for hydroxylation is 2. The molecule has 116 valence electrons. The van der Waals surface area contributed by atoms with Crippen molar-refractivity contribution in [3.63, 3.8) is 0 Å². The molecule has 1 amide bonds. The Morgan fingerprint density at radius 3 is 2.29 bits per heavy atom. The number of carboxylic acids is 1. The first-order chi connectivity index (χ1) is 9.51. The zero-order chi connectivity index (χ0) is 16.4. The van der Waals surface area contributed by atoms with E-state index in [4.69, 9.17) is 16.7 Å². The Morgan fingerprint density at radius 2 is 1.81 bits per heavy atom. The molecule has 4 nitrogen and oxygen atoms in total. The maximum atomic E-state index is 12.3. The molecule has 0 fully saturated rings. The highest BCUT2D eigenvalue weighted by Gasteiger charge is 2.36. The number of hydrogen-bond acceptors (Lipinski definition) is 2. The molecule has 0 bridgehead atoms. The number of nitrogens with one attached hydrogen (secondary N) is 1. The van der Waals surface area contributed by atoms with E-state index in [2.05, 4.69) is 0 Å². The Bertz CT molecular complexity index is 573. The van der Waals surface area contributed by atoms with Crippen LogP contribution in [0.2, 0.25) is 5.02 Å². The standard InChI is InChI=1S/C13H13ClF3NO3/c1-6-3-8(9(14)4-7(6)2)11(19)18-10(12(20)21)5-13(15,16)17/h3-4,10H,5H2,1-2H3,(H,18,19)(H,20,21). The fourth-order valence-corrected chi connectivity index (χ4v) is 1.93. The molecule has 0 aliphatic carbocycles. The second-order valence-electron chi connectivity index (χ2n) is 4.60. The number of carbonyl (C=O) groups excluding carboxylic acids is 1. The van der Waals surface area contributed by atoms with Crippen molar-refractivity contribution in [3.05, 3.63) is 33.8 Å². The number of hydrogen-bond donors (Lipinski definition) is 2. The molecule has 1 atom stereocenters. The quantitative estimate of drug-likeness (QED) is 0.894. The molecular formula is C13H13ClF3NO3. The lowest BCUT2D eigenvalue weighted by Crippen LogP contribution is -2.43. The van der Waals surface area contributed by atoms with Crippen molar-refractivity contribution >= 4 is 23.5 Å². The molecular weight excluding hydrogens is 311 g/mol. The molecule has 0 saturated carbocycles. The SMILES string of the molecule is Cc1cc(Cl)c(C(=O)NC(CC(F)(F)F)C(=O)O)cc1C. The summed E-state index contributed by atoms with van der Waals surface area (Å²) in [6, 6.07) is 0.834. The van der Waals surface area contributed by atoms with Crippen LogP contribution in [0.1, 0.15) is 27.9 Å². The number of halogens is 4. The summed E-state index contributed by atoms with van der Waals surface area (Å²) in [7, 11) is 0. The van der Waals surface area contributed by atoms with Gasteiger partial charge in [0.15, 0.2) is 0 Å². The van der Waals surface area contributed by atoms with Crippen LogP contribution in [0.3, 0.4) is 0 Å². The fourth-order valence-electron chi connectivity index (χ4n) is 1.62. The van der Waals surface area contributed by atoms with Gasteiger partial charge in [-0.2, -0.15) is 13.2 Å². The highest BCUT2D eigenvalue weighted by Crippen LogP contribution is 2.24. The first kappa shape index (κ1) is 17.3. The van der Waals surface area contributed by atoms with Crippen LogP contribution in [0, 0.1) is 13.8 Å². The van der Waals surface area contributed by atoms with E-state index in [1.807, 2.05) is 5.32 Å².